The van der Waals surface area contributed by atoms with Crippen LogP contribution in [0.1, 0.15) is 16.8 Å². The first-order valence-electron chi connectivity index (χ1n) is 7.33. The highest BCUT2D eigenvalue weighted by Gasteiger charge is 2.39. The Morgan fingerprint density at radius 3 is 2.38 bits per heavy atom. The number of aromatic hydroxyl groups is 1. The lowest BCUT2D eigenvalue weighted by molar-refractivity contribution is -0.121. The minimum absolute atomic E-state index is 0.0381. The van der Waals surface area contributed by atoms with Crippen LogP contribution in [0.5, 0.6) is 5.75 Å². The average Bonchev–Trinajstić information content (AvgIpc) is 2.88. The van der Waals surface area contributed by atoms with E-state index in [2.05, 4.69) is 10.9 Å². The topological polar surface area (TPSA) is 98.7 Å². The van der Waals surface area contributed by atoms with Gasteiger partial charge in [-0.1, -0.05) is 18.2 Å². The highest BCUT2D eigenvalue weighted by Crippen LogP contribution is 2.22. The molecular formula is C17H15N3O4. The van der Waals surface area contributed by atoms with Crippen molar-refractivity contribution in [1.29, 1.82) is 0 Å². The second-order valence-electron chi connectivity index (χ2n) is 5.30. The number of phenolic OH excluding ortho intramolecular Hbond substituents is 1. The van der Waals surface area contributed by atoms with Gasteiger partial charge in [-0.25, -0.2) is 10.3 Å². The normalized spacial score (nSPS) is 17.2. The quantitative estimate of drug-likeness (QED) is 0.574. The van der Waals surface area contributed by atoms with Crippen molar-refractivity contribution in [2.75, 3.05) is 4.90 Å². The molecule has 0 aromatic heterocycles. The Hall–Kier alpha value is -3.19. The summed E-state index contributed by atoms with van der Waals surface area (Å²) in [6, 6.07) is 13.5. The van der Waals surface area contributed by atoms with E-state index in [-0.39, 0.29) is 18.1 Å². The van der Waals surface area contributed by atoms with E-state index in [4.69, 9.17) is 0 Å². The van der Waals surface area contributed by atoms with E-state index in [0.29, 0.717) is 11.3 Å². The first-order chi connectivity index (χ1) is 11.6. The third-order valence-corrected chi connectivity index (χ3v) is 3.65. The number of para-hydroxylation sites is 1. The van der Waals surface area contributed by atoms with Crippen molar-refractivity contribution in [2.45, 2.75) is 12.5 Å². The summed E-state index contributed by atoms with van der Waals surface area (Å²) in [5.74, 6) is -1.16. The molecule has 2 aromatic rings. The summed E-state index contributed by atoms with van der Waals surface area (Å²) < 4.78 is 0. The fourth-order valence-electron chi connectivity index (χ4n) is 2.43. The zero-order valence-corrected chi connectivity index (χ0v) is 12.6. The smallest absolute Gasteiger partial charge is 0.265 e. The fraction of sp³-hybridized carbons (Fsp3) is 0.118. The SMILES string of the molecule is O=C(NN[C@H]1CC(=O)N(c2ccccc2)C1=O)c1ccc(O)cc1. The number of rotatable bonds is 4. The molecule has 7 nitrogen and oxygen atoms in total. The number of phenols is 1. The molecule has 3 rings (SSSR count). The van der Waals surface area contributed by atoms with Crippen LogP contribution >= 0.6 is 0 Å². The Morgan fingerprint density at radius 1 is 1.04 bits per heavy atom. The highest BCUT2D eigenvalue weighted by atomic mass is 16.3. The van der Waals surface area contributed by atoms with Gasteiger partial charge in [-0.15, -0.1) is 0 Å². The summed E-state index contributed by atoms with van der Waals surface area (Å²) in [4.78, 5) is 37.5. The van der Waals surface area contributed by atoms with Crippen molar-refractivity contribution in [3.8, 4) is 5.75 Å². The predicted octanol–water partition coefficient (Wildman–Crippen LogP) is 0.959. The van der Waals surface area contributed by atoms with Gasteiger partial charge in [-0.2, -0.15) is 0 Å². The maximum Gasteiger partial charge on any atom is 0.265 e. The third-order valence-electron chi connectivity index (χ3n) is 3.65. The zero-order valence-electron chi connectivity index (χ0n) is 12.6. The van der Waals surface area contributed by atoms with E-state index in [1.54, 1.807) is 30.3 Å². The standard InChI is InChI=1S/C17H15N3O4/c21-13-8-6-11(7-9-13)16(23)19-18-14-10-15(22)20(17(14)24)12-4-2-1-3-5-12/h1-9,14,18,21H,10H2,(H,19,23)/t14-/m0/s1. The second-order valence-corrected chi connectivity index (χ2v) is 5.30. The number of carbonyl (C=O) groups excluding carboxylic acids is 3. The number of carbonyl (C=O) groups is 3. The van der Waals surface area contributed by atoms with Gasteiger partial charge >= 0.3 is 0 Å². The first-order valence-corrected chi connectivity index (χ1v) is 7.33. The van der Waals surface area contributed by atoms with Crippen LogP contribution in [0.25, 0.3) is 0 Å². The summed E-state index contributed by atoms with van der Waals surface area (Å²) in [5, 5.41) is 9.21. The number of nitrogens with one attached hydrogen (secondary N) is 2. The molecule has 2 aromatic carbocycles. The number of benzene rings is 2. The van der Waals surface area contributed by atoms with Crippen LogP contribution in [0.2, 0.25) is 0 Å². The van der Waals surface area contributed by atoms with Crippen LogP contribution in [-0.2, 0) is 9.59 Å². The van der Waals surface area contributed by atoms with E-state index in [1.165, 1.54) is 24.3 Å². The molecule has 1 aliphatic rings. The third kappa shape index (κ3) is 3.11. The molecule has 1 atom stereocenters. The molecule has 24 heavy (non-hydrogen) atoms. The number of amides is 3. The molecule has 3 N–H and O–H groups in total. The van der Waals surface area contributed by atoms with Gasteiger partial charge < -0.3 is 5.11 Å². The Balaban J connectivity index is 1.64. The van der Waals surface area contributed by atoms with Gasteiger partial charge in [0.1, 0.15) is 11.8 Å². The summed E-state index contributed by atoms with van der Waals surface area (Å²) in [7, 11) is 0. The van der Waals surface area contributed by atoms with Gasteiger partial charge in [-0.05, 0) is 36.4 Å². The van der Waals surface area contributed by atoms with Crippen molar-refractivity contribution < 1.29 is 19.5 Å². The molecule has 0 aliphatic carbocycles. The number of imide groups is 1. The lowest BCUT2D eigenvalue weighted by atomic mass is 10.2. The van der Waals surface area contributed by atoms with Crippen LogP contribution < -0.4 is 15.8 Å². The molecule has 7 heteroatoms. The molecular weight excluding hydrogens is 310 g/mol. The van der Waals surface area contributed by atoms with E-state index in [0.717, 1.165) is 4.90 Å². The van der Waals surface area contributed by atoms with Gasteiger partial charge in [-0.3, -0.25) is 19.8 Å². The maximum absolute atomic E-state index is 12.4. The molecule has 1 fully saturated rings. The van der Waals surface area contributed by atoms with Crippen molar-refractivity contribution in [3.63, 3.8) is 0 Å². The molecule has 0 unspecified atom stereocenters. The summed E-state index contributed by atoms with van der Waals surface area (Å²) >= 11 is 0. The largest absolute Gasteiger partial charge is 0.508 e. The molecule has 1 aliphatic heterocycles. The van der Waals surface area contributed by atoms with Gasteiger partial charge in [0.15, 0.2) is 0 Å². The summed E-state index contributed by atoms with van der Waals surface area (Å²) in [6.07, 6.45) is -0.0381. The minimum atomic E-state index is -0.821. The minimum Gasteiger partial charge on any atom is -0.508 e. The van der Waals surface area contributed by atoms with Crippen molar-refractivity contribution >= 4 is 23.4 Å². The first kappa shape index (κ1) is 15.7. The zero-order chi connectivity index (χ0) is 17.1. The van der Waals surface area contributed by atoms with Crippen LogP contribution in [0, 0.1) is 0 Å². The van der Waals surface area contributed by atoms with E-state index in [9.17, 15) is 19.5 Å². The highest BCUT2D eigenvalue weighted by molar-refractivity contribution is 6.22. The van der Waals surface area contributed by atoms with Crippen LogP contribution in [0.3, 0.4) is 0 Å². The number of nitrogens with zero attached hydrogens (tertiary/aromatic N) is 1. The molecule has 0 bridgehead atoms. The predicted molar refractivity (Wildman–Crippen MR) is 86.0 cm³/mol. The lowest BCUT2D eigenvalue weighted by Crippen LogP contribution is -2.48. The molecule has 0 spiro atoms. The lowest BCUT2D eigenvalue weighted by Gasteiger charge is -2.15. The fourth-order valence-corrected chi connectivity index (χ4v) is 2.43. The Kier molecular flexibility index (Phi) is 4.26. The Morgan fingerprint density at radius 2 is 1.71 bits per heavy atom. The van der Waals surface area contributed by atoms with E-state index >= 15 is 0 Å². The number of hydrazine groups is 1. The molecule has 3 amide bonds. The number of hydrogen-bond donors (Lipinski definition) is 3. The van der Waals surface area contributed by atoms with Crippen molar-refractivity contribution in [1.82, 2.24) is 10.9 Å². The van der Waals surface area contributed by atoms with Crippen LogP contribution in [0.4, 0.5) is 5.69 Å². The van der Waals surface area contributed by atoms with Gasteiger partial charge in [0.2, 0.25) is 5.91 Å². The Bertz CT molecular complexity index is 774. The van der Waals surface area contributed by atoms with Gasteiger partial charge in [0, 0.05) is 5.56 Å². The van der Waals surface area contributed by atoms with Crippen LogP contribution in [-0.4, -0.2) is 28.9 Å². The maximum atomic E-state index is 12.4. The van der Waals surface area contributed by atoms with Crippen LogP contribution in [0.15, 0.2) is 54.6 Å². The monoisotopic (exact) mass is 325 g/mol. The molecule has 0 radical (unpaired) electrons. The average molecular weight is 325 g/mol. The molecule has 1 saturated heterocycles. The number of anilines is 1. The van der Waals surface area contributed by atoms with E-state index < -0.39 is 17.9 Å². The summed E-state index contributed by atoms with van der Waals surface area (Å²) in [5.41, 5.74) is 5.83. The molecule has 0 saturated carbocycles. The molecule has 122 valence electrons. The number of hydrogen-bond acceptors (Lipinski definition) is 5. The van der Waals surface area contributed by atoms with Gasteiger partial charge in [0.05, 0.1) is 12.1 Å². The van der Waals surface area contributed by atoms with E-state index in [1.807, 2.05) is 0 Å². The summed E-state index contributed by atoms with van der Waals surface area (Å²) in [6.45, 7) is 0. The van der Waals surface area contributed by atoms with Gasteiger partial charge in [0.25, 0.3) is 11.8 Å². The second kappa shape index (κ2) is 6.51. The van der Waals surface area contributed by atoms with Crippen molar-refractivity contribution in [2.24, 2.45) is 0 Å². The Labute approximate surface area is 137 Å². The molecule has 1 heterocycles. The van der Waals surface area contributed by atoms with Crippen molar-refractivity contribution in [3.05, 3.63) is 60.2 Å².